The fourth-order valence-electron chi connectivity index (χ4n) is 2.21. The topological polar surface area (TPSA) is 75.6 Å². The van der Waals surface area contributed by atoms with Crippen LogP contribution in [0.3, 0.4) is 0 Å². The third-order valence-electron chi connectivity index (χ3n) is 3.20. The van der Waals surface area contributed by atoms with E-state index in [2.05, 4.69) is 16.0 Å². The Morgan fingerprint density at radius 1 is 0.864 bits per heavy atom. The summed E-state index contributed by atoms with van der Waals surface area (Å²) in [6.07, 6.45) is 0. The monoisotopic (exact) mass is 290 g/mol. The predicted octanol–water partition coefficient (Wildman–Crippen LogP) is 3.40. The molecule has 0 bridgehead atoms. The van der Waals surface area contributed by atoms with Crippen molar-refractivity contribution >= 4 is 5.95 Å². The number of aromatic nitrogens is 2. The van der Waals surface area contributed by atoms with Gasteiger partial charge in [-0.1, -0.05) is 30.3 Å². The molecule has 3 aromatic rings. The molecule has 0 amide bonds. The molecular formula is C17H11FN4. The Bertz CT molecular complexity index is 852. The van der Waals surface area contributed by atoms with Gasteiger partial charge in [-0.15, -0.1) is 0 Å². The molecule has 0 atom stereocenters. The van der Waals surface area contributed by atoms with Crippen molar-refractivity contribution in [3.8, 4) is 28.6 Å². The summed E-state index contributed by atoms with van der Waals surface area (Å²) in [5.74, 6) is -0.287. The summed E-state index contributed by atoms with van der Waals surface area (Å²) in [6, 6.07) is 17.2. The van der Waals surface area contributed by atoms with Crippen LogP contribution in [0, 0.1) is 17.1 Å². The van der Waals surface area contributed by atoms with Gasteiger partial charge in [0.15, 0.2) is 0 Å². The molecule has 1 aromatic heterocycles. The third-order valence-corrected chi connectivity index (χ3v) is 3.20. The molecule has 22 heavy (non-hydrogen) atoms. The normalized spacial score (nSPS) is 10.2. The van der Waals surface area contributed by atoms with Crippen molar-refractivity contribution in [2.24, 2.45) is 0 Å². The molecule has 1 heterocycles. The summed E-state index contributed by atoms with van der Waals surface area (Å²) in [4.78, 5) is 8.34. The van der Waals surface area contributed by atoms with Crippen molar-refractivity contribution < 1.29 is 4.39 Å². The maximum absolute atomic E-state index is 13.1. The highest BCUT2D eigenvalue weighted by atomic mass is 19.1. The van der Waals surface area contributed by atoms with Gasteiger partial charge in [-0.25, -0.2) is 14.4 Å². The van der Waals surface area contributed by atoms with Crippen LogP contribution in [0.2, 0.25) is 0 Å². The fourth-order valence-corrected chi connectivity index (χ4v) is 2.21. The van der Waals surface area contributed by atoms with Crippen LogP contribution in [0.4, 0.5) is 10.3 Å². The quantitative estimate of drug-likeness (QED) is 0.784. The first-order valence-corrected chi connectivity index (χ1v) is 6.58. The maximum atomic E-state index is 13.1. The Morgan fingerprint density at radius 2 is 1.41 bits per heavy atom. The first kappa shape index (κ1) is 13.7. The minimum Gasteiger partial charge on any atom is -0.368 e. The Kier molecular flexibility index (Phi) is 3.50. The van der Waals surface area contributed by atoms with Crippen LogP contribution in [-0.4, -0.2) is 9.97 Å². The van der Waals surface area contributed by atoms with Crippen LogP contribution in [0.25, 0.3) is 22.5 Å². The molecule has 0 saturated carbocycles. The van der Waals surface area contributed by atoms with E-state index < -0.39 is 0 Å². The van der Waals surface area contributed by atoms with Crippen LogP contribution in [0.1, 0.15) is 5.56 Å². The number of anilines is 1. The molecule has 3 rings (SSSR count). The zero-order chi connectivity index (χ0) is 15.5. The van der Waals surface area contributed by atoms with Gasteiger partial charge in [0.1, 0.15) is 17.4 Å². The van der Waals surface area contributed by atoms with Gasteiger partial charge in [0.25, 0.3) is 0 Å². The molecular weight excluding hydrogens is 279 g/mol. The van der Waals surface area contributed by atoms with E-state index in [-0.39, 0.29) is 11.8 Å². The molecule has 0 unspecified atom stereocenters. The molecule has 0 saturated heterocycles. The number of hydrogen-bond donors (Lipinski definition) is 1. The van der Waals surface area contributed by atoms with Crippen molar-refractivity contribution in [1.82, 2.24) is 9.97 Å². The minimum absolute atomic E-state index is 0.0668. The van der Waals surface area contributed by atoms with Crippen LogP contribution >= 0.6 is 0 Å². The Hall–Kier alpha value is -3.26. The van der Waals surface area contributed by atoms with E-state index in [1.807, 2.05) is 30.3 Å². The molecule has 2 aromatic carbocycles. The first-order valence-electron chi connectivity index (χ1n) is 6.58. The molecule has 0 aliphatic carbocycles. The summed E-state index contributed by atoms with van der Waals surface area (Å²) in [5, 5.41) is 9.52. The summed E-state index contributed by atoms with van der Waals surface area (Å²) in [6.45, 7) is 0. The smallest absolute Gasteiger partial charge is 0.221 e. The SMILES string of the molecule is N#Cc1c(-c2ccccc2)nc(N)nc1-c1ccc(F)cc1. The van der Waals surface area contributed by atoms with E-state index in [0.29, 0.717) is 22.5 Å². The molecule has 106 valence electrons. The summed E-state index contributed by atoms with van der Waals surface area (Å²) < 4.78 is 13.1. The second kappa shape index (κ2) is 5.62. The summed E-state index contributed by atoms with van der Waals surface area (Å²) in [7, 11) is 0. The number of nitrogens with two attached hydrogens (primary N) is 1. The largest absolute Gasteiger partial charge is 0.368 e. The van der Waals surface area contributed by atoms with E-state index in [1.54, 1.807) is 12.1 Å². The van der Waals surface area contributed by atoms with E-state index in [0.717, 1.165) is 5.56 Å². The second-order valence-electron chi connectivity index (χ2n) is 4.64. The van der Waals surface area contributed by atoms with Crippen LogP contribution < -0.4 is 5.73 Å². The number of hydrogen-bond acceptors (Lipinski definition) is 4. The molecule has 4 nitrogen and oxygen atoms in total. The molecule has 5 heteroatoms. The molecule has 0 aliphatic heterocycles. The van der Waals surface area contributed by atoms with Crippen LogP contribution in [-0.2, 0) is 0 Å². The highest BCUT2D eigenvalue weighted by Crippen LogP contribution is 2.29. The van der Waals surface area contributed by atoms with Gasteiger partial charge < -0.3 is 5.73 Å². The summed E-state index contributed by atoms with van der Waals surface area (Å²) in [5.41, 5.74) is 8.35. The van der Waals surface area contributed by atoms with Gasteiger partial charge in [0.2, 0.25) is 5.95 Å². The van der Waals surface area contributed by atoms with E-state index >= 15 is 0 Å². The number of halogens is 1. The fraction of sp³-hybridized carbons (Fsp3) is 0. The van der Waals surface area contributed by atoms with E-state index in [1.165, 1.54) is 12.1 Å². The van der Waals surface area contributed by atoms with Gasteiger partial charge in [-0.3, -0.25) is 0 Å². The number of nitrogens with zero attached hydrogens (tertiary/aromatic N) is 3. The van der Waals surface area contributed by atoms with Crippen LogP contribution in [0.5, 0.6) is 0 Å². The Morgan fingerprint density at radius 3 is 1.95 bits per heavy atom. The lowest BCUT2D eigenvalue weighted by Crippen LogP contribution is -2.03. The predicted molar refractivity (Wildman–Crippen MR) is 82.0 cm³/mol. The van der Waals surface area contributed by atoms with E-state index in [9.17, 15) is 9.65 Å². The van der Waals surface area contributed by atoms with Gasteiger partial charge in [0, 0.05) is 11.1 Å². The third kappa shape index (κ3) is 2.50. The Balaban J connectivity index is 2.26. The molecule has 0 aliphatic rings. The maximum Gasteiger partial charge on any atom is 0.221 e. The highest BCUT2D eigenvalue weighted by Gasteiger charge is 2.16. The zero-order valence-electron chi connectivity index (χ0n) is 11.5. The lowest BCUT2D eigenvalue weighted by atomic mass is 10.0. The van der Waals surface area contributed by atoms with Crippen LogP contribution in [0.15, 0.2) is 54.6 Å². The van der Waals surface area contributed by atoms with Crippen molar-refractivity contribution in [2.75, 3.05) is 5.73 Å². The van der Waals surface area contributed by atoms with Gasteiger partial charge >= 0.3 is 0 Å². The number of rotatable bonds is 2. The minimum atomic E-state index is -0.354. The number of benzene rings is 2. The Labute approximate surface area is 126 Å². The lowest BCUT2D eigenvalue weighted by molar-refractivity contribution is 0.628. The zero-order valence-corrected chi connectivity index (χ0v) is 11.5. The summed E-state index contributed by atoms with van der Waals surface area (Å²) >= 11 is 0. The number of nitriles is 1. The molecule has 2 N–H and O–H groups in total. The molecule has 0 radical (unpaired) electrons. The second-order valence-corrected chi connectivity index (χ2v) is 4.64. The van der Waals surface area contributed by atoms with Gasteiger partial charge in [0.05, 0.1) is 11.4 Å². The van der Waals surface area contributed by atoms with Crippen molar-refractivity contribution in [3.63, 3.8) is 0 Å². The molecule has 0 fully saturated rings. The average molecular weight is 290 g/mol. The van der Waals surface area contributed by atoms with Crippen molar-refractivity contribution in [2.45, 2.75) is 0 Å². The standard InChI is InChI=1S/C17H11FN4/c18-13-8-6-12(7-9-13)16-14(10-19)15(21-17(20)22-16)11-4-2-1-3-5-11/h1-9H,(H2,20,21,22). The lowest BCUT2D eigenvalue weighted by Gasteiger charge is -2.09. The van der Waals surface area contributed by atoms with E-state index in [4.69, 9.17) is 5.73 Å². The highest BCUT2D eigenvalue weighted by molar-refractivity contribution is 5.78. The van der Waals surface area contributed by atoms with Gasteiger partial charge in [-0.05, 0) is 24.3 Å². The molecule has 0 spiro atoms. The van der Waals surface area contributed by atoms with Crippen molar-refractivity contribution in [3.05, 3.63) is 66.0 Å². The number of nitrogen functional groups attached to an aromatic ring is 1. The first-order chi connectivity index (χ1) is 10.7. The average Bonchev–Trinajstić information content (AvgIpc) is 2.55. The van der Waals surface area contributed by atoms with Gasteiger partial charge in [-0.2, -0.15) is 5.26 Å². The van der Waals surface area contributed by atoms with Crippen molar-refractivity contribution in [1.29, 1.82) is 5.26 Å².